The number of nitrogens with one attached hydrogen (secondary N) is 1. The number of aromatic amines is 1. The molecule has 0 amide bonds. The average molecular weight is 456 g/mol. The van der Waals surface area contributed by atoms with Crippen LogP contribution >= 0.6 is 0 Å². The maximum Gasteiger partial charge on any atom is 0.428 e. The van der Waals surface area contributed by atoms with Crippen molar-refractivity contribution in [2.24, 2.45) is 0 Å². The number of fused-ring (bicyclic) bond motifs is 1. The Hall–Kier alpha value is -4.33. The van der Waals surface area contributed by atoms with Gasteiger partial charge in [-0.05, 0) is 61.7 Å². The maximum absolute atomic E-state index is 13.6. The monoisotopic (exact) mass is 455 g/mol. The van der Waals surface area contributed by atoms with Crippen molar-refractivity contribution in [2.45, 2.75) is 27.3 Å². The third kappa shape index (κ3) is 3.73. The van der Waals surface area contributed by atoms with Gasteiger partial charge in [-0.25, -0.2) is 14.3 Å². The van der Waals surface area contributed by atoms with Crippen molar-refractivity contribution in [1.82, 2.24) is 19.7 Å². The molecule has 0 saturated heterocycles. The van der Waals surface area contributed by atoms with E-state index in [4.69, 9.17) is 5.73 Å². The lowest BCUT2D eigenvalue weighted by molar-refractivity contribution is -0.516. The summed E-state index contributed by atoms with van der Waals surface area (Å²) < 4.78 is 16.4. The zero-order valence-corrected chi connectivity index (χ0v) is 19.1. The molecule has 0 aliphatic rings. The molecule has 5 rings (SSSR count). The maximum atomic E-state index is 13.6. The molecule has 0 unspecified atom stereocenters. The third-order valence-electron chi connectivity index (χ3n) is 5.87. The van der Waals surface area contributed by atoms with Gasteiger partial charge in [0.2, 0.25) is 5.65 Å². The molecule has 0 saturated carbocycles. The fourth-order valence-corrected chi connectivity index (χ4v) is 4.33. The van der Waals surface area contributed by atoms with Crippen LogP contribution in [0.15, 0.2) is 65.5 Å². The van der Waals surface area contributed by atoms with E-state index in [2.05, 4.69) is 15.1 Å². The highest BCUT2D eigenvalue weighted by Gasteiger charge is 2.26. The van der Waals surface area contributed by atoms with E-state index in [1.54, 1.807) is 6.07 Å². The molecule has 3 N–H and O–H groups in total. The number of halogens is 1. The van der Waals surface area contributed by atoms with Crippen LogP contribution in [0.4, 0.5) is 10.3 Å². The van der Waals surface area contributed by atoms with Crippen LogP contribution in [0.1, 0.15) is 22.5 Å². The zero-order chi connectivity index (χ0) is 24.0. The summed E-state index contributed by atoms with van der Waals surface area (Å²) in [7, 11) is 0. The zero-order valence-electron chi connectivity index (χ0n) is 19.1. The molecule has 0 fully saturated rings. The van der Waals surface area contributed by atoms with E-state index in [1.807, 2.05) is 63.2 Å². The van der Waals surface area contributed by atoms with Crippen LogP contribution in [0.25, 0.3) is 28.0 Å². The second-order valence-electron chi connectivity index (χ2n) is 8.43. The van der Waals surface area contributed by atoms with Gasteiger partial charge in [-0.1, -0.05) is 36.4 Å². The third-order valence-corrected chi connectivity index (χ3v) is 5.87. The SMILES string of the molecule is Cc1cc(-c2c(-c3ccccc3)nc(N)[n+]3c(=O)n(Cc4ccc(F)cc4C)[nH]c23)cc(C)n1. The van der Waals surface area contributed by atoms with E-state index >= 15 is 0 Å². The summed E-state index contributed by atoms with van der Waals surface area (Å²) in [6, 6.07) is 18.2. The van der Waals surface area contributed by atoms with Gasteiger partial charge in [0.05, 0.1) is 5.56 Å². The molecular formula is C26H24FN6O+. The number of hydrogen-bond acceptors (Lipinski definition) is 4. The number of nitrogens with two attached hydrogens (primary N) is 1. The summed E-state index contributed by atoms with van der Waals surface area (Å²) in [6.45, 7) is 5.91. The molecule has 34 heavy (non-hydrogen) atoms. The molecule has 170 valence electrons. The molecule has 0 aliphatic heterocycles. The summed E-state index contributed by atoms with van der Waals surface area (Å²) in [5.41, 5.74) is 12.9. The number of rotatable bonds is 4. The Morgan fingerprint density at radius 2 is 1.68 bits per heavy atom. The number of H-pyrrole nitrogens is 1. The molecule has 0 spiro atoms. The Morgan fingerprint density at radius 3 is 2.35 bits per heavy atom. The largest absolute Gasteiger partial charge is 0.428 e. The van der Waals surface area contributed by atoms with Crippen LogP contribution in [0, 0.1) is 26.6 Å². The minimum absolute atomic E-state index is 0.0796. The van der Waals surface area contributed by atoms with Crippen LogP contribution in [0.3, 0.4) is 0 Å². The number of aromatic nitrogens is 5. The van der Waals surface area contributed by atoms with E-state index in [0.29, 0.717) is 11.3 Å². The van der Waals surface area contributed by atoms with Gasteiger partial charge >= 0.3 is 11.6 Å². The molecular weight excluding hydrogens is 431 g/mol. The number of benzene rings is 2. The van der Waals surface area contributed by atoms with E-state index in [0.717, 1.165) is 39.2 Å². The van der Waals surface area contributed by atoms with Gasteiger partial charge < -0.3 is 5.73 Å². The summed E-state index contributed by atoms with van der Waals surface area (Å²) >= 11 is 0. The molecule has 0 bridgehead atoms. The Morgan fingerprint density at radius 1 is 0.971 bits per heavy atom. The molecule has 5 aromatic rings. The van der Waals surface area contributed by atoms with Gasteiger partial charge in [-0.15, -0.1) is 9.38 Å². The number of nitrogens with zero attached hydrogens (tertiary/aromatic N) is 4. The number of aryl methyl sites for hydroxylation is 3. The molecule has 2 aromatic carbocycles. The van der Waals surface area contributed by atoms with E-state index in [9.17, 15) is 9.18 Å². The van der Waals surface area contributed by atoms with Gasteiger partial charge in [-0.3, -0.25) is 4.98 Å². The lowest BCUT2D eigenvalue weighted by Gasteiger charge is -2.10. The Labute approximate surface area is 195 Å². The molecule has 8 heteroatoms. The molecule has 0 atom stereocenters. The lowest BCUT2D eigenvalue weighted by atomic mass is 9.99. The van der Waals surface area contributed by atoms with E-state index in [-0.39, 0.29) is 24.0 Å². The van der Waals surface area contributed by atoms with Gasteiger partial charge in [0, 0.05) is 17.0 Å². The van der Waals surface area contributed by atoms with Crippen LogP contribution in [-0.2, 0) is 6.54 Å². The van der Waals surface area contributed by atoms with Crippen molar-refractivity contribution < 1.29 is 8.79 Å². The number of anilines is 1. The number of pyridine rings is 1. The van der Waals surface area contributed by atoms with Crippen LogP contribution in [-0.4, -0.2) is 19.7 Å². The van der Waals surface area contributed by atoms with Crippen LogP contribution in [0.2, 0.25) is 0 Å². The lowest BCUT2D eigenvalue weighted by Crippen LogP contribution is -2.44. The minimum atomic E-state index is -0.355. The average Bonchev–Trinajstić information content (AvgIpc) is 3.11. The summed E-state index contributed by atoms with van der Waals surface area (Å²) in [5, 5.41) is 3.24. The smallest absolute Gasteiger partial charge is 0.319 e. The van der Waals surface area contributed by atoms with Crippen molar-refractivity contribution in [2.75, 3.05) is 5.73 Å². The topological polar surface area (TPSA) is 93.7 Å². The highest BCUT2D eigenvalue weighted by atomic mass is 19.1. The van der Waals surface area contributed by atoms with Crippen molar-refractivity contribution in [1.29, 1.82) is 0 Å². The van der Waals surface area contributed by atoms with Gasteiger partial charge in [-0.2, -0.15) is 4.68 Å². The fraction of sp³-hybridized carbons (Fsp3) is 0.154. The second kappa shape index (κ2) is 8.22. The normalized spacial score (nSPS) is 11.3. The van der Waals surface area contributed by atoms with Crippen molar-refractivity contribution in [3.8, 4) is 22.4 Å². The van der Waals surface area contributed by atoms with Crippen LogP contribution in [0.5, 0.6) is 0 Å². The predicted octanol–water partition coefficient (Wildman–Crippen LogP) is 3.73. The first kappa shape index (κ1) is 21.5. The quantitative estimate of drug-likeness (QED) is 0.404. The van der Waals surface area contributed by atoms with Gasteiger partial charge in [0.15, 0.2) is 0 Å². The number of nitrogen functional groups attached to an aromatic ring is 1. The Kier molecular flexibility index (Phi) is 5.20. The van der Waals surface area contributed by atoms with Gasteiger partial charge in [0.25, 0.3) is 0 Å². The van der Waals surface area contributed by atoms with Crippen molar-refractivity contribution in [3.05, 3.63) is 99.5 Å². The van der Waals surface area contributed by atoms with Crippen LogP contribution < -0.4 is 15.8 Å². The van der Waals surface area contributed by atoms with E-state index in [1.165, 1.54) is 21.2 Å². The number of hydrogen-bond donors (Lipinski definition) is 2. The Bertz CT molecular complexity index is 1580. The first-order chi connectivity index (χ1) is 16.3. The standard InChI is InChI=1S/C26H23FN6O/c1-15-11-21(27)10-9-19(15)14-32-26(34)33-24(31-32)22(20-12-16(2)29-17(3)13-20)23(30-25(33)28)18-7-5-4-6-8-18/h4-13H,14H2,1-3H3,(H2,28,29,30,31)/p+1. The highest BCUT2D eigenvalue weighted by molar-refractivity contribution is 5.88. The summed E-state index contributed by atoms with van der Waals surface area (Å²) in [6.07, 6.45) is 0. The summed E-state index contributed by atoms with van der Waals surface area (Å²) in [4.78, 5) is 22.5. The molecule has 7 nitrogen and oxygen atoms in total. The summed E-state index contributed by atoms with van der Waals surface area (Å²) in [5.74, 6) is -0.234. The highest BCUT2D eigenvalue weighted by Crippen LogP contribution is 2.33. The molecule has 3 aromatic heterocycles. The molecule has 3 heterocycles. The second-order valence-corrected chi connectivity index (χ2v) is 8.43. The van der Waals surface area contributed by atoms with Crippen molar-refractivity contribution in [3.63, 3.8) is 0 Å². The van der Waals surface area contributed by atoms with E-state index < -0.39 is 0 Å². The minimum Gasteiger partial charge on any atom is -0.319 e. The Balaban J connectivity index is 1.81. The first-order valence-corrected chi connectivity index (χ1v) is 10.9. The predicted molar refractivity (Wildman–Crippen MR) is 129 cm³/mol. The molecule has 0 radical (unpaired) electrons. The van der Waals surface area contributed by atoms with Gasteiger partial charge in [0.1, 0.15) is 18.1 Å². The fourth-order valence-electron chi connectivity index (χ4n) is 4.33. The first-order valence-electron chi connectivity index (χ1n) is 10.9. The molecule has 0 aliphatic carbocycles. The van der Waals surface area contributed by atoms with Crippen molar-refractivity contribution >= 4 is 11.6 Å².